The summed E-state index contributed by atoms with van der Waals surface area (Å²) in [4.78, 5) is 34.4. The van der Waals surface area contributed by atoms with Crippen LogP contribution in [-0.2, 0) is 24.2 Å². The molecule has 134 valence electrons. The Labute approximate surface area is 151 Å². The van der Waals surface area contributed by atoms with Crippen LogP contribution in [-0.4, -0.2) is 32.4 Å². The monoisotopic (exact) mass is 359 g/mol. The van der Waals surface area contributed by atoms with E-state index < -0.39 is 0 Å². The van der Waals surface area contributed by atoms with Crippen LogP contribution in [0.1, 0.15) is 56.4 Å². The van der Waals surface area contributed by atoms with Crippen LogP contribution in [0.5, 0.6) is 0 Å². The van der Waals surface area contributed by atoms with Crippen molar-refractivity contribution in [1.29, 1.82) is 0 Å². The third-order valence-corrected chi connectivity index (χ3v) is 6.93. The molecule has 5 nitrogen and oxygen atoms in total. The maximum absolute atomic E-state index is 13.0. The van der Waals surface area contributed by atoms with Crippen molar-refractivity contribution in [1.82, 2.24) is 14.5 Å². The number of hydrogen-bond acceptors (Lipinski definition) is 4. The van der Waals surface area contributed by atoms with Gasteiger partial charge in [0.25, 0.3) is 5.56 Å². The van der Waals surface area contributed by atoms with E-state index in [1.165, 1.54) is 27.8 Å². The molecule has 1 amide bonds. The molecular formula is C19H25N3O2S. The highest BCUT2D eigenvalue weighted by Crippen LogP contribution is 2.33. The Morgan fingerprint density at radius 2 is 1.92 bits per heavy atom. The topological polar surface area (TPSA) is 55.2 Å². The molecule has 1 fully saturated rings. The van der Waals surface area contributed by atoms with Gasteiger partial charge in [-0.25, -0.2) is 4.98 Å². The van der Waals surface area contributed by atoms with Crippen LogP contribution < -0.4 is 5.56 Å². The summed E-state index contributed by atoms with van der Waals surface area (Å²) in [6.07, 6.45) is 9.15. The van der Waals surface area contributed by atoms with Crippen LogP contribution >= 0.6 is 11.3 Å². The predicted octanol–water partition coefficient (Wildman–Crippen LogP) is 3.13. The lowest BCUT2D eigenvalue weighted by molar-refractivity contribution is -0.138. The Morgan fingerprint density at radius 3 is 2.68 bits per heavy atom. The summed E-state index contributed by atoms with van der Waals surface area (Å²) in [5, 5.41) is 0.759. The predicted molar refractivity (Wildman–Crippen MR) is 100 cm³/mol. The van der Waals surface area contributed by atoms with Crippen LogP contribution in [0.3, 0.4) is 0 Å². The van der Waals surface area contributed by atoms with E-state index >= 15 is 0 Å². The number of nitrogens with zero attached hydrogens (tertiary/aromatic N) is 3. The number of amides is 1. The van der Waals surface area contributed by atoms with Crippen LogP contribution in [0.15, 0.2) is 11.1 Å². The van der Waals surface area contributed by atoms with Crippen molar-refractivity contribution in [3.05, 3.63) is 27.1 Å². The van der Waals surface area contributed by atoms with Crippen molar-refractivity contribution >= 4 is 27.5 Å². The van der Waals surface area contributed by atoms with Gasteiger partial charge < -0.3 is 4.90 Å². The first-order valence-corrected chi connectivity index (χ1v) is 10.2. The van der Waals surface area contributed by atoms with E-state index in [4.69, 9.17) is 0 Å². The Hall–Kier alpha value is -1.69. The van der Waals surface area contributed by atoms with E-state index in [2.05, 4.69) is 18.8 Å². The molecule has 6 heteroatoms. The van der Waals surface area contributed by atoms with E-state index in [1.54, 1.807) is 17.7 Å². The maximum Gasteiger partial charge on any atom is 0.262 e. The molecule has 3 heterocycles. The van der Waals surface area contributed by atoms with E-state index in [9.17, 15) is 9.59 Å². The number of hydrogen-bond donors (Lipinski definition) is 0. The van der Waals surface area contributed by atoms with Gasteiger partial charge in [0, 0.05) is 17.0 Å². The van der Waals surface area contributed by atoms with Crippen molar-refractivity contribution in [3.8, 4) is 0 Å². The Bertz CT molecular complexity index is 859. The number of fused-ring (bicyclic) bond motifs is 3. The highest BCUT2D eigenvalue weighted by atomic mass is 32.1. The third kappa shape index (κ3) is 2.90. The average Bonchev–Trinajstić information content (AvgIpc) is 2.96. The zero-order chi connectivity index (χ0) is 17.6. The Morgan fingerprint density at radius 1 is 1.20 bits per heavy atom. The molecule has 0 saturated carbocycles. The molecule has 2 atom stereocenters. The molecule has 0 radical (unpaired) electrons. The van der Waals surface area contributed by atoms with Gasteiger partial charge in [0.15, 0.2) is 0 Å². The SMILES string of the molecule is C[C@@H]1CCC[C@@H](C)N1C(=O)Cn1cnc2sc3c(c2c1=O)CCCC3. The van der Waals surface area contributed by atoms with E-state index in [0.29, 0.717) is 0 Å². The summed E-state index contributed by atoms with van der Waals surface area (Å²) in [5.74, 6) is 0.0343. The van der Waals surface area contributed by atoms with E-state index in [1.807, 2.05) is 4.90 Å². The van der Waals surface area contributed by atoms with Gasteiger partial charge in [0.1, 0.15) is 11.4 Å². The summed E-state index contributed by atoms with van der Waals surface area (Å²) in [5.41, 5.74) is 1.14. The van der Waals surface area contributed by atoms with Crippen molar-refractivity contribution < 1.29 is 4.79 Å². The standard InChI is InChI=1S/C19H25N3O2S/c1-12-6-5-7-13(2)22(12)16(23)10-21-11-20-18-17(19(21)24)14-8-3-4-9-15(14)25-18/h11-13H,3-10H2,1-2H3/t12-,13-/m1/s1. The molecule has 1 aliphatic heterocycles. The molecule has 0 bridgehead atoms. The molecule has 2 aromatic rings. The van der Waals surface area contributed by atoms with Crippen molar-refractivity contribution in [3.63, 3.8) is 0 Å². The third-order valence-electron chi connectivity index (χ3n) is 5.73. The van der Waals surface area contributed by atoms with Crippen LogP contribution in [0.25, 0.3) is 10.2 Å². The number of rotatable bonds is 2. The van der Waals surface area contributed by atoms with Gasteiger partial charge in [-0.1, -0.05) is 0 Å². The first-order valence-electron chi connectivity index (χ1n) is 9.37. The fourth-order valence-corrected chi connectivity index (χ4v) is 5.65. The lowest BCUT2D eigenvalue weighted by Gasteiger charge is -2.39. The first kappa shape index (κ1) is 16.8. The zero-order valence-electron chi connectivity index (χ0n) is 15.0. The molecule has 0 aromatic carbocycles. The second-order valence-electron chi connectivity index (χ2n) is 7.50. The molecule has 2 aromatic heterocycles. The number of aromatic nitrogens is 2. The smallest absolute Gasteiger partial charge is 0.262 e. The van der Waals surface area contributed by atoms with Crippen LogP contribution in [0.2, 0.25) is 0 Å². The Kier molecular flexibility index (Phi) is 4.40. The molecule has 0 unspecified atom stereocenters. The molecule has 0 spiro atoms. The van der Waals surface area contributed by atoms with Gasteiger partial charge in [-0.15, -0.1) is 11.3 Å². The maximum atomic E-state index is 13.0. The molecule has 0 N–H and O–H groups in total. The minimum Gasteiger partial charge on any atom is -0.336 e. The summed E-state index contributed by atoms with van der Waals surface area (Å²) in [6, 6.07) is 0.495. The Balaban J connectivity index is 1.66. The van der Waals surface area contributed by atoms with Gasteiger partial charge in [0.2, 0.25) is 5.91 Å². The van der Waals surface area contributed by atoms with Gasteiger partial charge in [0.05, 0.1) is 11.7 Å². The molecule has 2 aliphatic rings. The molecule has 25 heavy (non-hydrogen) atoms. The summed E-state index contributed by atoms with van der Waals surface area (Å²) in [6.45, 7) is 4.31. The van der Waals surface area contributed by atoms with Crippen LogP contribution in [0.4, 0.5) is 0 Å². The lowest BCUT2D eigenvalue weighted by Crippen LogP contribution is -2.49. The molecular weight excluding hydrogens is 334 g/mol. The fraction of sp³-hybridized carbons (Fsp3) is 0.632. The normalized spacial score (nSPS) is 23.7. The minimum absolute atomic E-state index is 0.0343. The number of carbonyl (C=O) groups is 1. The first-order chi connectivity index (χ1) is 12.1. The second kappa shape index (κ2) is 6.56. The van der Waals surface area contributed by atoms with Gasteiger partial charge in [-0.3, -0.25) is 14.2 Å². The average molecular weight is 359 g/mol. The van der Waals surface area contributed by atoms with Crippen molar-refractivity contribution in [2.24, 2.45) is 0 Å². The minimum atomic E-state index is -0.0462. The second-order valence-corrected chi connectivity index (χ2v) is 8.58. The molecule has 1 aliphatic carbocycles. The number of carbonyl (C=O) groups excluding carboxylic acids is 1. The number of aryl methyl sites for hydroxylation is 2. The largest absolute Gasteiger partial charge is 0.336 e. The molecule has 1 saturated heterocycles. The van der Waals surface area contributed by atoms with Gasteiger partial charge in [-0.2, -0.15) is 0 Å². The van der Waals surface area contributed by atoms with E-state index in [-0.39, 0.29) is 30.1 Å². The highest BCUT2D eigenvalue weighted by molar-refractivity contribution is 7.18. The van der Waals surface area contributed by atoms with Gasteiger partial charge >= 0.3 is 0 Å². The number of thiophene rings is 1. The van der Waals surface area contributed by atoms with Crippen molar-refractivity contribution in [2.75, 3.05) is 0 Å². The van der Waals surface area contributed by atoms with Crippen LogP contribution in [0, 0.1) is 0 Å². The fourth-order valence-electron chi connectivity index (χ4n) is 4.43. The van der Waals surface area contributed by atoms with E-state index in [0.717, 1.165) is 42.3 Å². The lowest BCUT2D eigenvalue weighted by atomic mass is 9.97. The summed E-state index contributed by atoms with van der Waals surface area (Å²) in [7, 11) is 0. The zero-order valence-corrected chi connectivity index (χ0v) is 15.8. The number of likely N-dealkylation sites (tertiary alicyclic amines) is 1. The van der Waals surface area contributed by atoms with Gasteiger partial charge in [-0.05, 0) is 64.4 Å². The summed E-state index contributed by atoms with van der Waals surface area (Å²) >= 11 is 1.65. The molecule has 4 rings (SSSR count). The highest BCUT2D eigenvalue weighted by Gasteiger charge is 2.29. The number of piperidine rings is 1. The quantitative estimate of drug-likeness (QED) is 0.828. The van der Waals surface area contributed by atoms with Crippen molar-refractivity contribution in [2.45, 2.75) is 77.4 Å². The summed E-state index contributed by atoms with van der Waals surface area (Å²) < 4.78 is 1.51.